The maximum Gasteiger partial charge on any atom is 0.311 e. The first kappa shape index (κ1) is 19.8. The average molecular weight is 396 g/mol. The number of aromatic nitrogens is 2. The predicted molar refractivity (Wildman–Crippen MR) is 120 cm³/mol. The Morgan fingerprint density at radius 3 is 2.47 bits per heavy atom. The van der Waals surface area contributed by atoms with E-state index in [1.165, 1.54) is 5.56 Å². The minimum atomic E-state index is -0.833. The second-order valence-corrected chi connectivity index (χ2v) is 7.87. The number of rotatable bonds is 6. The van der Waals surface area contributed by atoms with Gasteiger partial charge in [-0.15, -0.1) is 0 Å². The molecule has 2 heterocycles. The topological polar surface area (TPSA) is 63.1 Å². The summed E-state index contributed by atoms with van der Waals surface area (Å²) in [5.74, 6) is -1.04. The first-order chi connectivity index (χ1) is 14.5. The third-order valence-corrected chi connectivity index (χ3v) is 5.48. The number of benzene rings is 2. The summed E-state index contributed by atoms with van der Waals surface area (Å²) in [6.07, 6.45) is 5.50. The SMILES string of the molecule is CC(C)c1cc(-c2cccc(CC(C(=O)O)c3ccncc3)c2)c2ncccc2c1. The summed E-state index contributed by atoms with van der Waals surface area (Å²) in [5.41, 5.74) is 6.10. The normalized spacial score (nSPS) is 12.2. The van der Waals surface area contributed by atoms with Crippen LogP contribution in [0.3, 0.4) is 0 Å². The van der Waals surface area contributed by atoms with Gasteiger partial charge in [-0.3, -0.25) is 14.8 Å². The zero-order valence-corrected chi connectivity index (χ0v) is 17.1. The molecule has 2 aromatic carbocycles. The Morgan fingerprint density at radius 1 is 0.933 bits per heavy atom. The highest BCUT2D eigenvalue weighted by Crippen LogP contribution is 2.32. The van der Waals surface area contributed by atoms with Crippen molar-refractivity contribution in [1.29, 1.82) is 0 Å². The summed E-state index contributed by atoms with van der Waals surface area (Å²) >= 11 is 0. The van der Waals surface area contributed by atoms with Crippen LogP contribution in [-0.4, -0.2) is 21.0 Å². The maximum atomic E-state index is 11.9. The van der Waals surface area contributed by atoms with Crippen molar-refractivity contribution in [3.05, 3.63) is 95.9 Å². The molecule has 0 bridgehead atoms. The van der Waals surface area contributed by atoms with E-state index in [0.29, 0.717) is 12.3 Å². The van der Waals surface area contributed by atoms with E-state index in [1.807, 2.05) is 24.4 Å². The van der Waals surface area contributed by atoms with Gasteiger partial charge in [0.2, 0.25) is 0 Å². The van der Waals surface area contributed by atoms with Crippen molar-refractivity contribution in [3.8, 4) is 11.1 Å². The fourth-order valence-electron chi connectivity index (χ4n) is 3.81. The second kappa shape index (κ2) is 8.46. The first-order valence-corrected chi connectivity index (χ1v) is 10.1. The van der Waals surface area contributed by atoms with Crippen molar-refractivity contribution >= 4 is 16.9 Å². The van der Waals surface area contributed by atoms with E-state index in [1.54, 1.807) is 24.5 Å². The lowest BCUT2D eigenvalue weighted by Gasteiger charge is -2.15. The summed E-state index contributed by atoms with van der Waals surface area (Å²) in [5, 5.41) is 10.9. The van der Waals surface area contributed by atoms with Crippen molar-refractivity contribution < 1.29 is 9.90 Å². The Labute approximate surface area is 176 Å². The van der Waals surface area contributed by atoms with Crippen molar-refractivity contribution in [2.75, 3.05) is 0 Å². The number of carboxylic acid groups (broad SMARTS) is 1. The number of pyridine rings is 2. The zero-order valence-electron chi connectivity index (χ0n) is 17.1. The smallest absolute Gasteiger partial charge is 0.311 e. The molecule has 0 aliphatic carbocycles. The van der Waals surface area contributed by atoms with E-state index in [2.05, 4.69) is 54.1 Å². The van der Waals surface area contributed by atoms with E-state index in [-0.39, 0.29) is 0 Å². The Kier molecular flexibility index (Phi) is 5.57. The molecule has 0 amide bonds. The molecular formula is C26H24N2O2. The summed E-state index contributed by atoms with van der Waals surface area (Å²) in [6.45, 7) is 4.37. The minimum Gasteiger partial charge on any atom is -0.481 e. The van der Waals surface area contributed by atoms with Gasteiger partial charge in [-0.1, -0.05) is 44.2 Å². The highest BCUT2D eigenvalue weighted by atomic mass is 16.4. The standard InChI is InChI=1S/C26H24N2O2/c1-17(2)22-15-21-7-4-10-28-25(21)23(16-22)20-6-3-5-18(13-20)14-24(26(29)30)19-8-11-27-12-9-19/h3-13,15-17,24H,14H2,1-2H3,(H,29,30). The largest absolute Gasteiger partial charge is 0.481 e. The van der Waals surface area contributed by atoms with Gasteiger partial charge in [-0.05, 0) is 64.9 Å². The fraction of sp³-hybridized carbons (Fsp3) is 0.192. The van der Waals surface area contributed by atoms with Gasteiger partial charge in [0, 0.05) is 29.5 Å². The van der Waals surface area contributed by atoms with E-state index in [4.69, 9.17) is 0 Å². The monoisotopic (exact) mass is 396 g/mol. The van der Waals surface area contributed by atoms with Crippen molar-refractivity contribution in [2.24, 2.45) is 0 Å². The molecule has 150 valence electrons. The molecule has 0 spiro atoms. The molecule has 4 rings (SSSR count). The Balaban J connectivity index is 1.76. The third kappa shape index (κ3) is 4.08. The van der Waals surface area contributed by atoms with E-state index in [0.717, 1.165) is 33.2 Å². The van der Waals surface area contributed by atoms with Crippen LogP contribution in [0.25, 0.3) is 22.0 Å². The van der Waals surface area contributed by atoms with Crippen molar-refractivity contribution in [2.45, 2.75) is 32.1 Å². The first-order valence-electron chi connectivity index (χ1n) is 10.1. The number of aliphatic carboxylic acids is 1. The maximum absolute atomic E-state index is 11.9. The lowest BCUT2D eigenvalue weighted by molar-refractivity contribution is -0.138. The third-order valence-electron chi connectivity index (χ3n) is 5.48. The number of fused-ring (bicyclic) bond motifs is 1. The molecule has 0 saturated heterocycles. The quantitative estimate of drug-likeness (QED) is 0.445. The van der Waals surface area contributed by atoms with Crippen LogP contribution in [0, 0.1) is 0 Å². The molecule has 4 nitrogen and oxygen atoms in total. The van der Waals surface area contributed by atoms with Gasteiger partial charge in [-0.2, -0.15) is 0 Å². The number of carbonyl (C=O) groups is 1. The van der Waals surface area contributed by atoms with Crippen LogP contribution in [-0.2, 0) is 11.2 Å². The van der Waals surface area contributed by atoms with E-state index < -0.39 is 11.9 Å². The highest BCUT2D eigenvalue weighted by molar-refractivity contribution is 5.94. The second-order valence-electron chi connectivity index (χ2n) is 7.87. The van der Waals surface area contributed by atoms with Crippen LogP contribution < -0.4 is 0 Å². The van der Waals surface area contributed by atoms with Crippen LogP contribution in [0.1, 0.15) is 42.4 Å². The lowest BCUT2D eigenvalue weighted by Crippen LogP contribution is -2.14. The lowest BCUT2D eigenvalue weighted by atomic mass is 9.90. The summed E-state index contributed by atoms with van der Waals surface area (Å²) in [7, 11) is 0. The molecule has 30 heavy (non-hydrogen) atoms. The molecule has 0 aliphatic heterocycles. The van der Waals surface area contributed by atoms with Crippen molar-refractivity contribution in [3.63, 3.8) is 0 Å². The van der Waals surface area contributed by atoms with Gasteiger partial charge in [0.15, 0.2) is 0 Å². The van der Waals surface area contributed by atoms with Crippen LogP contribution in [0.15, 0.2) is 79.3 Å². The Morgan fingerprint density at radius 2 is 1.73 bits per heavy atom. The van der Waals surface area contributed by atoms with Gasteiger partial charge >= 0.3 is 5.97 Å². The summed E-state index contributed by atoms with van der Waals surface area (Å²) in [6, 6.07) is 20.1. The number of carboxylic acids is 1. The molecule has 0 saturated carbocycles. The van der Waals surface area contributed by atoms with Gasteiger partial charge in [0.05, 0.1) is 11.4 Å². The predicted octanol–water partition coefficient (Wildman–Crippen LogP) is 5.83. The Hall–Kier alpha value is -3.53. The molecule has 0 fully saturated rings. The molecule has 1 N–H and O–H groups in total. The zero-order chi connectivity index (χ0) is 21.1. The van der Waals surface area contributed by atoms with E-state index in [9.17, 15) is 9.90 Å². The molecule has 1 unspecified atom stereocenters. The fourth-order valence-corrected chi connectivity index (χ4v) is 3.81. The molecule has 2 aromatic heterocycles. The van der Waals surface area contributed by atoms with Crippen molar-refractivity contribution in [1.82, 2.24) is 9.97 Å². The summed E-state index contributed by atoms with van der Waals surface area (Å²) in [4.78, 5) is 20.5. The molecule has 4 aromatic rings. The highest BCUT2D eigenvalue weighted by Gasteiger charge is 2.20. The Bertz CT molecular complexity index is 1190. The van der Waals surface area contributed by atoms with E-state index >= 15 is 0 Å². The molecule has 4 heteroatoms. The number of hydrogen-bond acceptors (Lipinski definition) is 3. The minimum absolute atomic E-state index is 0.402. The van der Waals surface area contributed by atoms with Crippen LogP contribution in [0.4, 0.5) is 0 Å². The number of nitrogens with zero attached hydrogens (tertiary/aromatic N) is 2. The van der Waals surface area contributed by atoms with Crippen LogP contribution in [0.2, 0.25) is 0 Å². The van der Waals surface area contributed by atoms with Gasteiger partial charge in [0.1, 0.15) is 0 Å². The molecule has 1 atom stereocenters. The van der Waals surface area contributed by atoms with Gasteiger partial charge in [-0.25, -0.2) is 0 Å². The average Bonchev–Trinajstić information content (AvgIpc) is 2.77. The molecule has 0 aliphatic rings. The molecular weight excluding hydrogens is 372 g/mol. The molecule has 0 radical (unpaired) electrons. The number of hydrogen-bond donors (Lipinski definition) is 1. The van der Waals surface area contributed by atoms with Crippen LogP contribution >= 0.6 is 0 Å². The van der Waals surface area contributed by atoms with Gasteiger partial charge in [0.25, 0.3) is 0 Å². The summed E-state index contributed by atoms with van der Waals surface area (Å²) < 4.78 is 0. The van der Waals surface area contributed by atoms with Gasteiger partial charge < -0.3 is 5.11 Å². The van der Waals surface area contributed by atoms with Crippen LogP contribution in [0.5, 0.6) is 0 Å².